The molecule has 2 aromatic carbocycles. The van der Waals surface area contributed by atoms with Gasteiger partial charge in [0.2, 0.25) is 0 Å². The first kappa shape index (κ1) is 17.3. The summed E-state index contributed by atoms with van der Waals surface area (Å²) in [4.78, 5) is 2.62. The predicted molar refractivity (Wildman–Crippen MR) is 103 cm³/mol. The molecule has 0 bridgehead atoms. The Kier molecular flexibility index (Phi) is 5.45. The molecule has 0 radical (unpaired) electrons. The van der Waals surface area contributed by atoms with E-state index in [9.17, 15) is 0 Å². The Bertz CT molecular complexity index is 667. The van der Waals surface area contributed by atoms with Crippen LogP contribution in [0.15, 0.2) is 36.4 Å². The number of aryl methyl sites for hydroxylation is 1. The molecule has 1 aliphatic rings. The molecule has 0 amide bonds. The van der Waals surface area contributed by atoms with E-state index >= 15 is 0 Å². The van der Waals surface area contributed by atoms with Crippen LogP contribution in [0.3, 0.4) is 0 Å². The van der Waals surface area contributed by atoms with Gasteiger partial charge in [-0.25, -0.2) is 0 Å². The molecule has 1 fully saturated rings. The molecule has 2 heteroatoms. The van der Waals surface area contributed by atoms with Crippen LogP contribution in [0.25, 0.3) is 10.8 Å². The lowest BCUT2D eigenvalue weighted by molar-refractivity contribution is 0.129. The Morgan fingerprint density at radius 2 is 1.67 bits per heavy atom. The van der Waals surface area contributed by atoms with Gasteiger partial charge in [-0.2, -0.15) is 0 Å². The number of unbranched alkanes of at least 4 members (excludes halogenated alkanes) is 1. The summed E-state index contributed by atoms with van der Waals surface area (Å²) in [5, 5.41) is 2.55. The second-order valence-corrected chi connectivity index (χ2v) is 8.03. The Hall–Kier alpha value is -1.54. The molecule has 0 aliphatic carbocycles. The van der Waals surface area contributed by atoms with E-state index in [-0.39, 0.29) is 0 Å². The maximum absolute atomic E-state index is 6.05. The summed E-state index contributed by atoms with van der Waals surface area (Å²) < 4.78 is 6.05. The van der Waals surface area contributed by atoms with E-state index in [2.05, 4.69) is 62.1 Å². The third-order valence-corrected chi connectivity index (χ3v) is 5.38. The van der Waals surface area contributed by atoms with Gasteiger partial charge in [0.15, 0.2) is 0 Å². The summed E-state index contributed by atoms with van der Waals surface area (Å²) in [6, 6.07) is 12.9. The first-order chi connectivity index (χ1) is 11.5. The molecular formula is C22H31NO. The van der Waals surface area contributed by atoms with Crippen molar-refractivity contribution in [1.29, 1.82) is 0 Å². The van der Waals surface area contributed by atoms with Crippen LogP contribution >= 0.6 is 0 Å². The van der Waals surface area contributed by atoms with Crippen molar-refractivity contribution >= 4 is 10.8 Å². The number of benzene rings is 2. The van der Waals surface area contributed by atoms with Crippen LogP contribution < -0.4 is 4.74 Å². The molecule has 130 valence electrons. The van der Waals surface area contributed by atoms with Gasteiger partial charge in [0.25, 0.3) is 0 Å². The van der Waals surface area contributed by atoms with Crippen LogP contribution in [0.2, 0.25) is 0 Å². The molecule has 24 heavy (non-hydrogen) atoms. The Labute approximate surface area is 146 Å². The number of likely N-dealkylation sites (tertiary alicyclic amines) is 1. The van der Waals surface area contributed by atoms with Gasteiger partial charge in [-0.1, -0.05) is 38.1 Å². The highest BCUT2D eigenvalue weighted by Crippen LogP contribution is 2.29. The highest BCUT2D eigenvalue weighted by molar-refractivity contribution is 5.84. The third-order valence-electron chi connectivity index (χ3n) is 5.38. The van der Waals surface area contributed by atoms with Gasteiger partial charge >= 0.3 is 0 Å². The number of ether oxygens (including phenoxy) is 1. The standard InChI is InChI=1S/C22H31NO/c1-18-16-19-8-4-5-9-20(19)17-21(18)24-15-7-6-12-23-13-10-22(2,3)11-14-23/h4-5,8-9,16-17H,6-7,10-15H2,1-3H3. The number of rotatable bonds is 6. The second kappa shape index (κ2) is 7.57. The first-order valence-electron chi connectivity index (χ1n) is 9.38. The van der Waals surface area contributed by atoms with Crippen LogP contribution in [-0.4, -0.2) is 31.1 Å². The van der Waals surface area contributed by atoms with Crippen molar-refractivity contribution in [2.24, 2.45) is 5.41 Å². The maximum Gasteiger partial charge on any atom is 0.122 e. The van der Waals surface area contributed by atoms with Crippen LogP contribution in [0.1, 0.15) is 45.1 Å². The molecule has 0 aromatic heterocycles. The third kappa shape index (κ3) is 4.51. The molecule has 0 atom stereocenters. The second-order valence-electron chi connectivity index (χ2n) is 8.03. The van der Waals surface area contributed by atoms with Crippen molar-refractivity contribution in [2.75, 3.05) is 26.2 Å². The smallest absolute Gasteiger partial charge is 0.122 e. The zero-order chi connectivity index (χ0) is 17.0. The minimum atomic E-state index is 0.549. The molecule has 1 saturated heterocycles. The van der Waals surface area contributed by atoms with Crippen LogP contribution in [0.4, 0.5) is 0 Å². The molecule has 0 unspecified atom stereocenters. The van der Waals surface area contributed by atoms with Gasteiger partial charge in [-0.3, -0.25) is 0 Å². The normalized spacial score (nSPS) is 18.0. The summed E-state index contributed by atoms with van der Waals surface area (Å²) in [5.41, 5.74) is 1.78. The largest absolute Gasteiger partial charge is 0.493 e. The lowest BCUT2D eigenvalue weighted by atomic mass is 9.82. The minimum absolute atomic E-state index is 0.549. The minimum Gasteiger partial charge on any atom is -0.493 e. The molecule has 0 saturated carbocycles. The number of fused-ring (bicyclic) bond motifs is 1. The summed E-state index contributed by atoms with van der Waals surface area (Å²) in [6.07, 6.45) is 5.03. The first-order valence-corrected chi connectivity index (χ1v) is 9.38. The monoisotopic (exact) mass is 325 g/mol. The van der Waals surface area contributed by atoms with Gasteiger partial charge in [-0.15, -0.1) is 0 Å². The van der Waals surface area contributed by atoms with E-state index < -0.39 is 0 Å². The van der Waals surface area contributed by atoms with Crippen LogP contribution in [0, 0.1) is 12.3 Å². The van der Waals surface area contributed by atoms with Gasteiger partial charge in [0.1, 0.15) is 5.75 Å². The summed E-state index contributed by atoms with van der Waals surface area (Å²) >= 11 is 0. The van der Waals surface area contributed by atoms with E-state index in [1.807, 2.05) is 0 Å². The Balaban J connectivity index is 1.41. The van der Waals surface area contributed by atoms with Crippen molar-refractivity contribution in [2.45, 2.75) is 46.5 Å². The van der Waals surface area contributed by atoms with E-state index in [0.29, 0.717) is 5.41 Å². The number of piperidine rings is 1. The highest BCUT2D eigenvalue weighted by Gasteiger charge is 2.24. The molecular weight excluding hydrogens is 294 g/mol. The zero-order valence-electron chi connectivity index (χ0n) is 15.5. The van der Waals surface area contributed by atoms with Crippen LogP contribution in [-0.2, 0) is 0 Å². The topological polar surface area (TPSA) is 12.5 Å². The SMILES string of the molecule is Cc1cc2ccccc2cc1OCCCCN1CCC(C)(C)CC1. The molecule has 1 heterocycles. The summed E-state index contributed by atoms with van der Waals surface area (Å²) in [7, 11) is 0. The van der Waals surface area contributed by atoms with Gasteiger partial charge < -0.3 is 9.64 Å². The fraction of sp³-hybridized carbons (Fsp3) is 0.545. The van der Waals surface area contributed by atoms with Crippen molar-refractivity contribution in [1.82, 2.24) is 4.90 Å². The van der Waals surface area contributed by atoms with Gasteiger partial charge in [-0.05, 0) is 86.1 Å². The maximum atomic E-state index is 6.05. The average molecular weight is 325 g/mol. The molecule has 0 N–H and O–H groups in total. The predicted octanol–water partition coefficient (Wildman–Crippen LogP) is 5.43. The Morgan fingerprint density at radius 1 is 1.00 bits per heavy atom. The van der Waals surface area contributed by atoms with Gasteiger partial charge in [0, 0.05) is 0 Å². The van der Waals surface area contributed by atoms with Crippen molar-refractivity contribution < 1.29 is 4.74 Å². The van der Waals surface area contributed by atoms with Crippen molar-refractivity contribution in [3.8, 4) is 5.75 Å². The van der Waals surface area contributed by atoms with E-state index in [1.165, 1.54) is 55.2 Å². The molecule has 2 nitrogen and oxygen atoms in total. The Morgan fingerprint density at radius 3 is 2.38 bits per heavy atom. The lowest BCUT2D eigenvalue weighted by Crippen LogP contribution is -2.37. The number of nitrogens with zero attached hydrogens (tertiary/aromatic N) is 1. The average Bonchev–Trinajstić information content (AvgIpc) is 2.56. The van der Waals surface area contributed by atoms with Crippen LogP contribution in [0.5, 0.6) is 5.75 Å². The number of hydrogen-bond acceptors (Lipinski definition) is 2. The summed E-state index contributed by atoms with van der Waals surface area (Å²) in [6.45, 7) is 11.5. The molecule has 2 aromatic rings. The fourth-order valence-corrected chi connectivity index (χ4v) is 3.49. The molecule has 1 aliphatic heterocycles. The lowest BCUT2D eigenvalue weighted by Gasteiger charge is -2.36. The van der Waals surface area contributed by atoms with E-state index in [0.717, 1.165) is 18.8 Å². The van der Waals surface area contributed by atoms with Crippen molar-refractivity contribution in [3.05, 3.63) is 42.0 Å². The fourth-order valence-electron chi connectivity index (χ4n) is 3.49. The zero-order valence-corrected chi connectivity index (χ0v) is 15.5. The van der Waals surface area contributed by atoms with Crippen molar-refractivity contribution in [3.63, 3.8) is 0 Å². The quantitative estimate of drug-likeness (QED) is 0.657. The highest BCUT2D eigenvalue weighted by atomic mass is 16.5. The number of hydrogen-bond donors (Lipinski definition) is 0. The molecule has 3 rings (SSSR count). The molecule has 0 spiro atoms. The van der Waals surface area contributed by atoms with Gasteiger partial charge in [0.05, 0.1) is 6.61 Å². The van der Waals surface area contributed by atoms with E-state index in [4.69, 9.17) is 4.74 Å². The summed E-state index contributed by atoms with van der Waals surface area (Å²) in [5.74, 6) is 1.04. The van der Waals surface area contributed by atoms with E-state index in [1.54, 1.807) is 0 Å².